The second kappa shape index (κ2) is 13.0. The minimum absolute atomic E-state index is 0.543. The molecule has 4 aromatic heterocycles. The summed E-state index contributed by atoms with van der Waals surface area (Å²) in [6.07, 6.45) is 0. The van der Waals surface area contributed by atoms with E-state index in [1.54, 1.807) is 0 Å². The number of rotatable bonds is 6. The van der Waals surface area contributed by atoms with Gasteiger partial charge in [-0.25, -0.2) is 24.9 Å². The van der Waals surface area contributed by atoms with Crippen LogP contribution in [-0.4, -0.2) is 24.9 Å². The van der Waals surface area contributed by atoms with Gasteiger partial charge in [0.15, 0.2) is 28.9 Å². The highest BCUT2D eigenvalue weighted by Crippen LogP contribution is 2.42. The molecule has 0 bridgehead atoms. The van der Waals surface area contributed by atoms with Crippen LogP contribution in [0.3, 0.4) is 0 Å². The van der Waals surface area contributed by atoms with Crippen LogP contribution in [0.15, 0.2) is 185 Å². The van der Waals surface area contributed by atoms with Crippen LogP contribution in [0.4, 0.5) is 0 Å². The quantitative estimate of drug-likeness (QED) is 0.169. The molecule has 0 aliphatic rings. The summed E-state index contributed by atoms with van der Waals surface area (Å²) in [5.74, 6) is 2.27. The summed E-state index contributed by atoms with van der Waals surface area (Å²) in [5.41, 5.74) is 10.9. The molecule has 0 N–H and O–H groups in total. The van der Waals surface area contributed by atoms with E-state index in [2.05, 4.69) is 42.5 Å². The van der Waals surface area contributed by atoms with Gasteiger partial charge >= 0.3 is 0 Å². The normalized spacial score (nSPS) is 11.6. The van der Waals surface area contributed by atoms with Gasteiger partial charge in [0.05, 0.1) is 5.56 Å². The van der Waals surface area contributed by atoms with E-state index in [-0.39, 0.29) is 0 Å². The maximum atomic E-state index is 6.74. The Kier molecular flexibility index (Phi) is 7.35. The third-order valence-electron chi connectivity index (χ3n) is 10.2. The van der Waals surface area contributed by atoms with Crippen molar-refractivity contribution in [1.29, 1.82) is 0 Å². The molecule has 0 saturated heterocycles. The number of hydrogen-bond donors (Lipinski definition) is 0. The molecule has 0 spiro atoms. The van der Waals surface area contributed by atoms with Crippen molar-refractivity contribution in [1.82, 2.24) is 24.9 Å². The number of benzene rings is 7. The third-order valence-corrected chi connectivity index (χ3v) is 10.2. The van der Waals surface area contributed by atoms with E-state index < -0.39 is 0 Å². The van der Waals surface area contributed by atoms with Gasteiger partial charge in [0.2, 0.25) is 0 Å². The molecule has 0 unspecified atom stereocenters. The van der Waals surface area contributed by atoms with Crippen LogP contribution in [0.5, 0.6) is 0 Å². The first-order valence-corrected chi connectivity index (χ1v) is 18.4. The average molecular weight is 720 g/mol. The fourth-order valence-electron chi connectivity index (χ4n) is 7.50. The predicted octanol–water partition coefficient (Wildman–Crippen LogP) is 12.5. The maximum absolute atomic E-state index is 6.74. The zero-order valence-corrected chi connectivity index (χ0v) is 29.8. The van der Waals surface area contributed by atoms with E-state index >= 15 is 0 Å². The molecular formula is C49H29N5O2. The summed E-state index contributed by atoms with van der Waals surface area (Å²) in [5, 5.41) is 2.74. The van der Waals surface area contributed by atoms with Gasteiger partial charge in [0.25, 0.3) is 0 Å². The predicted molar refractivity (Wildman–Crippen MR) is 223 cm³/mol. The van der Waals surface area contributed by atoms with Crippen molar-refractivity contribution in [2.24, 2.45) is 0 Å². The Bertz CT molecular complexity index is 3230. The van der Waals surface area contributed by atoms with Crippen LogP contribution in [0.2, 0.25) is 0 Å². The molecule has 0 fully saturated rings. The molecule has 0 amide bonds. The smallest absolute Gasteiger partial charge is 0.180 e. The van der Waals surface area contributed by atoms with E-state index in [1.165, 1.54) is 0 Å². The first kappa shape index (κ1) is 31.7. The zero-order valence-electron chi connectivity index (χ0n) is 29.8. The summed E-state index contributed by atoms with van der Waals surface area (Å²) >= 11 is 0. The maximum Gasteiger partial charge on any atom is 0.180 e. The Labute approximate surface area is 320 Å². The van der Waals surface area contributed by atoms with E-state index in [0.29, 0.717) is 40.0 Å². The summed E-state index contributed by atoms with van der Waals surface area (Å²) in [6.45, 7) is 0. The first-order valence-electron chi connectivity index (χ1n) is 18.4. The minimum Gasteiger partial charge on any atom is -0.455 e. The Morgan fingerprint density at radius 3 is 1.55 bits per heavy atom. The van der Waals surface area contributed by atoms with Crippen molar-refractivity contribution >= 4 is 44.0 Å². The molecule has 0 atom stereocenters. The number of fused-ring (bicyclic) bond motifs is 6. The molecule has 0 radical (unpaired) electrons. The molecule has 56 heavy (non-hydrogen) atoms. The lowest BCUT2D eigenvalue weighted by Crippen LogP contribution is -2.00. The molecule has 262 valence electrons. The molecule has 0 aliphatic heterocycles. The highest BCUT2D eigenvalue weighted by atomic mass is 16.3. The van der Waals surface area contributed by atoms with Gasteiger partial charge in [0.1, 0.15) is 28.0 Å². The molecule has 11 aromatic rings. The number of para-hydroxylation sites is 2. The summed E-state index contributed by atoms with van der Waals surface area (Å²) < 4.78 is 13.1. The minimum atomic E-state index is 0.543. The molecule has 4 heterocycles. The lowest BCUT2D eigenvalue weighted by Gasteiger charge is -2.10. The van der Waals surface area contributed by atoms with Gasteiger partial charge < -0.3 is 8.83 Å². The third kappa shape index (κ3) is 5.33. The zero-order chi connectivity index (χ0) is 37.0. The van der Waals surface area contributed by atoms with Crippen LogP contribution < -0.4 is 0 Å². The molecule has 7 nitrogen and oxygen atoms in total. The van der Waals surface area contributed by atoms with Crippen LogP contribution in [0.25, 0.3) is 112 Å². The van der Waals surface area contributed by atoms with E-state index in [0.717, 1.165) is 71.9 Å². The van der Waals surface area contributed by atoms with Crippen LogP contribution in [0, 0.1) is 0 Å². The molecule has 11 rings (SSSR count). The number of hydrogen-bond acceptors (Lipinski definition) is 7. The Morgan fingerprint density at radius 2 is 0.804 bits per heavy atom. The second-order valence-electron chi connectivity index (χ2n) is 13.6. The second-order valence-corrected chi connectivity index (χ2v) is 13.6. The molecule has 7 heteroatoms. The van der Waals surface area contributed by atoms with E-state index in [1.807, 2.05) is 133 Å². The van der Waals surface area contributed by atoms with Crippen molar-refractivity contribution in [3.05, 3.63) is 176 Å². The van der Waals surface area contributed by atoms with Gasteiger partial charge in [-0.1, -0.05) is 152 Å². The van der Waals surface area contributed by atoms with Crippen molar-refractivity contribution in [3.8, 4) is 67.9 Å². The fourth-order valence-corrected chi connectivity index (χ4v) is 7.50. The van der Waals surface area contributed by atoms with Gasteiger partial charge in [-0.05, 0) is 35.4 Å². The Hall–Kier alpha value is -7.77. The van der Waals surface area contributed by atoms with Gasteiger partial charge in [0, 0.05) is 38.4 Å². The lowest BCUT2D eigenvalue weighted by molar-refractivity contribution is 0.666. The summed E-state index contributed by atoms with van der Waals surface area (Å²) in [4.78, 5) is 25.5. The Morgan fingerprint density at radius 1 is 0.304 bits per heavy atom. The molecular weight excluding hydrogens is 691 g/mol. The molecule has 0 saturated carbocycles. The largest absolute Gasteiger partial charge is 0.455 e. The average Bonchev–Trinajstić information content (AvgIpc) is 3.86. The SMILES string of the molecule is c1ccc(-c2ccc(-c3nc(-c4ccccc4)nc(-c4cccc5oc6c(-c7nc(-c8ccccc8)c8oc9ccccc9c8n7)cccc6c45)n3)cc2)cc1. The fraction of sp³-hybridized carbons (Fsp3) is 0. The van der Waals surface area contributed by atoms with E-state index in [4.69, 9.17) is 33.8 Å². The monoisotopic (exact) mass is 719 g/mol. The molecule has 0 aliphatic carbocycles. The van der Waals surface area contributed by atoms with Crippen LogP contribution in [-0.2, 0) is 0 Å². The summed E-state index contributed by atoms with van der Waals surface area (Å²) in [6, 6.07) is 58.9. The highest BCUT2D eigenvalue weighted by molar-refractivity contribution is 6.15. The number of furan rings is 2. The van der Waals surface area contributed by atoms with Crippen molar-refractivity contribution in [2.45, 2.75) is 0 Å². The van der Waals surface area contributed by atoms with Crippen LogP contribution in [0.1, 0.15) is 0 Å². The molecule has 7 aromatic carbocycles. The van der Waals surface area contributed by atoms with E-state index in [9.17, 15) is 0 Å². The number of aromatic nitrogens is 5. The summed E-state index contributed by atoms with van der Waals surface area (Å²) in [7, 11) is 0. The number of nitrogens with zero attached hydrogens (tertiary/aromatic N) is 5. The van der Waals surface area contributed by atoms with Gasteiger partial charge in [-0.15, -0.1) is 0 Å². The van der Waals surface area contributed by atoms with Gasteiger partial charge in [-0.2, -0.15) is 0 Å². The standard InChI is InChI=1S/C49H29N5O2/c1-4-14-30(15-5-1)31-26-28-34(29-27-31)47-52-46(33-18-8-3-9-19-33)53-48(54-47)37-22-13-25-40-41(37)36-21-12-23-38(44(36)56-40)49-50-42(32-16-6-2-7-17-32)45-43(51-49)35-20-10-11-24-39(35)55-45/h1-29H. The van der Waals surface area contributed by atoms with Crippen molar-refractivity contribution in [2.75, 3.05) is 0 Å². The van der Waals surface area contributed by atoms with Crippen molar-refractivity contribution < 1.29 is 8.83 Å². The first-order chi connectivity index (χ1) is 27.7. The van der Waals surface area contributed by atoms with Gasteiger partial charge in [-0.3, -0.25) is 0 Å². The highest BCUT2D eigenvalue weighted by Gasteiger charge is 2.23. The van der Waals surface area contributed by atoms with Crippen LogP contribution >= 0.6 is 0 Å². The topological polar surface area (TPSA) is 90.7 Å². The van der Waals surface area contributed by atoms with Crippen molar-refractivity contribution in [3.63, 3.8) is 0 Å². The lowest BCUT2D eigenvalue weighted by atomic mass is 10.0. The Balaban J connectivity index is 1.10.